The molecule has 2 aromatic rings. The van der Waals surface area contributed by atoms with Crippen LogP contribution in [0.4, 0.5) is 4.39 Å². The number of carbonyl (C=O) groups excluding carboxylic acids is 1. The van der Waals surface area contributed by atoms with Crippen LogP contribution in [0.2, 0.25) is 0 Å². The second-order valence-electron chi connectivity index (χ2n) is 7.08. The Morgan fingerprint density at radius 3 is 2.38 bits per heavy atom. The van der Waals surface area contributed by atoms with Crippen molar-refractivity contribution in [2.75, 3.05) is 20.2 Å². The summed E-state index contributed by atoms with van der Waals surface area (Å²) >= 11 is 0. The average Bonchev–Trinajstić information content (AvgIpc) is 2.74. The van der Waals surface area contributed by atoms with Crippen LogP contribution in [0.1, 0.15) is 48.1 Å². The highest BCUT2D eigenvalue weighted by atomic mass is 32.2. The predicted molar refractivity (Wildman–Crippen MR) is 108 cm³/mol. The monoisotopic (exact) mass is 420 g/mol. The van der Waals surface area contributed by atoms with Crippen molar-refractivity contribution in [3.8, 4) is 5.75 Å². The highest BCUT2D eigenvalue weighted by Crippen LogP contribution is 2.29. The van der Waals surface area contributed by atoms with Crippen molar-refractivity contribution in [1.82, 2.24) is 9.62 Å². The summed E-state index contributed by atoms with van der Waals surface area (Å²) in [4.78, 5) is 12.7. The Bertz CT molecular complexity index is 971. The quantitative estimate of drug-likeness (QED) is 0.776. The van der Waals surface area contributed by atoms with E-state index in [2.05, 4.69) is 5.32 Å². The standard InChI is InChI=1S/C21H25FN2O4S/c1-15(16-6-9-18(22)10-7-16)23-21(25)17-8-11-19(28-2)20(14-17)29(26,27)24-12-4-3-5-13-24/h6-11,14-15H,3-5,12-13H2,1-2H3,(H,23,25)/t15-/m1/s1. The molecule has 0 radical (unpaired) electrons. The summed E-state index contributed by atoms with van der Waals surface area (Å²) in [5.74, 6) is -0.562. The predicted octanol–water partition coefficient (Wildman–Crippen LogP) is 3.50. The Morgan fingerprint density at radius 1 is 1.10 bits per heavy atom. The number of sulfonamides is 1. The Morgan fingerprint density at radius 2 is 1.76 bits per heavy atom. The molecule has 0 spiro atoms. The Balaban J connectivity index is 1.85. The first-order valence-corrected chi connectivity index (χ1v) is 11.0. The molecular formula is C21H25FN2O4S. The fraction of sp³-hybridized carbons (Fsp3) is 0.381. The molecule has 2 aromatic carbocycles. The van der Waals surface area contributed by atoms with Crippen molar-refractivity contribution in [3.05, 3.63) is 59.4 Å². The minimum atomic E-state index is -3.76. The number of benzene rings is 2. The molecule has 3 rings (SSSR count). The normalized spacial score (nSPS) is 16.2. The van der Waals surface area contributed by atoms with Crippen LogP contribution >= 0.6 is 0 Å². The summed E-state index contributed by atoms with van der Waals surface area (Å²) in [6.07, 6.45) is 2.64. The van der Waals surface area contributed by atoms with Gasteiger partial charge in [0.15, 0.2) is 0 Å². The molecule has 8 heteroatoms. The zero-order valence-electron chi connectivity index (χ0n) is 16.5. The van der Waals surface area contributed by atoms with Gasteiger partial charge >= 0.3 is 0 Å². The van der Waals surface area contributed by atoms with Crippen LogP contribution in [-0.2, 0) is 10.0 Å². The van der Waals surface area contributed by atoms with Gasteiger partial charge in [-0.3, -0.25) is 4.79 Å². The average molecular weight is 421 g/mol. The molecule has 1 aliphatic rings. The van der Waals surface area contributed by atoms with Crippen LogP contribution in [0, 0.1) is 5.82 Å². The van der Waals surface area contributed by atoms with Gasteiger partial charge in [0.05, 0.1) is 13.2 Å². The number of methoxy groups -OCH3 is 1. The number of hydrogen-bond donors (Lipinski definition) is 1. The molecule has 1 atom stereocenters. The zero-order valence-corrected chi connectivity index (χ0v) is 17.3. The van der Waals surface area contributed by atoms with Crippen LogP contribution in [0.25, 0.3) is 0 Å². The van der Waals surface area contributed by atoms with Crippen LogP contribution < -0.4 is 10.1 Å². The van der Waals surface area contributed by atoms with Gasteiger partial charge in [0.25, 0.3) is 5.91 Å². The molecule has 29 heavy (non-hydrogen) atoms. The van der Waals surface area contributed by atoms with Gasteiger partial charge in [-0.2, -0.15) is 4.31 Å². The molecule has 0 saturated carbocycles. The van der Waals surface area contributed by atoms with Crippen molar-refractivity contribution in [2.24, 2.45) is 0 Å². The molecule has 1 fully saturated rings. The molecule has 0 unspecified atom stereocenters. The first-order chi connectivity index (χ1) is 13.8. The van der Waals surface area contributed by atoms with Crippen LogP contribution in [0.3, 0.4) is 0 Å². The molecule has 0 aliphatic carbocycles. The summed E-state index contributed by atoms with van der Waals surface area (Å²) in [7, 11) is -2.36. The summed E-state index contributed by atoms with van der Waals surface area (Å²) in [5.41, 5.74) is 0.963. The second kappa shape index (κ2) is 8.92. The molecule has 156 valence electrons. The third kappa shape index (κ3) is 4.76. The zero-order chi connectivity index (χ0) is 21.0. The van der Waals surface area contributed by atoms with E-state index in [1.807, 2.05) is 0 Å². The van der Waals surface area contributed by atoms with Gasteiger partial charge in [0.2, 0.25) is 10.0 Å². The Kier molecular flexibility index (Phi) is 6.54. The van der Waals surface area contributed by atoms with Crippen LogP contribution in [0.15, 0.2) is 47.4 Å². The number of carbonyl (C=O) groups is 1. The number of halogens is 1. The maximum atomic E-state index is 13.1. The van der Waals surface area contributed by atoms with E-state index in [-0.39, 0.29) is 28.1 Å². The number of nitrogens with zero attached hydrogens (tertiary/aromatic N) is 1. The van der Waals surface area contributed by atoms with Gasteiger partial charge in [-0.15, -0.1) is 0 Å². The third-order valence-corrected chi connectivity index (χ3v) is 7.00. The molecule has 1 heterocycles. The Labute approximate surface area is 170 Å². The van der Waals surface area contributed by atoms with E-state index in [4.69, 9.17) is 4.74 Å². The van der Waals surface area contributed by atoms with Crippen LogP contribution in [-0.4, -0.2) is 38.8 Å². The fourth-order valence-corrected chi connectivity index (χ4v) is 5.08. The lowest BCUT2D eigenvalue weighted by atomic mass is 10.1. The minimum absolute atomic E-state index is 0.0102. The van der Waals surface area contributed by atoms with Gasteiger partial charge in [0.1, 0.15) is 16.5 Å². The maximum absolute atomic E-state index is 13.1. The van der Waals surface area contributed by atoms with Crippen molar-refractivity contribution in [2.45, 2.75) is 37.1 Å². The Hall–Kier alpha value is -2.45. The lowest BCUT2D eigenvalue weighted by molar-refractivity contribution is 0.0939. The van der Waals surface area contributed by atoms with Gasteiger partial charge in [-0.25, -0.2) is 12.8 Å². The summed E-state index contributed by atoms with van der Waals surface area (Å²) < 4.78 is 46.0. The summed E-state index contributed by atoms with van der Waals surface area (Å²) in [6, 6.07) is 9.86. The molecule has 0 bridgehead atoms. The van der Waals surface area contributed by atoms with Gasteiger partial charge in [0, 0.05) is 18.7 Å². The highest BCUT2D eigenvalue weighted by Gasteiger charge is 2.29. The van der Waals surface area contributed by atoms with Gasteiger partial charge < -0.3 is 10.1 Å². The lowest BCUT2D eigenvalue weighted by Crippen LogP contribution is -2.36. The van der Waals surface area contributed by atoms with E-state index in [1.54, 1.807) is 19.1 Å². The molecule has 1 N–H and O–H groups in total. The van der Waals surface area contributed by atoms with E-state index in [0.717, 1.165) is 24.8 Å². The minimum Gasteiger partial charge on any atom is -0.495 e. The molecule has 1 saturated heterocycles. The highest BCUT2D eigenvalue weighted by molar-refractivity contribution is 7.89. The molecule has 1 amide bonds. The first kappa shape index (κ1) is 21.3. The summed E-state index contributed by atoms with van der Waals surface area (Å²) in [6.45, 7) is 2.70. The lowest BCUT2D eigenvalue weighted by Gasteiger charge is -2.26. The largest absolute Gasteiger partial charge is 0.495 e. The number of ether oxygens (including phenoxy) is 1. The third-order valence-electron chi connectivity index (χ3n) is 5.08. The second-order valence-corrected chi connectivity index (χ2v) is 8.98. The van der Waals surface area contributed by atoms with E-state index >= 15 is 0 Å². The molecule has 1 aliphatic heterocycles. The van der Waals surface area contributed by atoms with E-state index in [1.165, 1.54) is 41.7 Å². The number of amides is 1. The smallest absolute Gasteiger partial charge is 0.251 e. The van der Waals surface area contributed by atoms with Crippen molar-refractivity contribution in [1.29, 1.82) is 0 Å². The summed E-state index contributed by atoms with van der Waals surface area (Å²) in [5, 5.41) is 2.82. The van der Waals surface area contributed by atoms with Crippen molar-refractivity contribution in [3.63, 3.8) is 0 Å². The molecular weight excluding hydrogens is 395 g/mol. The van der Waals surface area contributed by atoms with Crippen molar-refractivity contribution >= 4 is 15.9 Å². The SMILES string of the molecule is COc1ccc(C(=O)N[C@H](C)c2ccc(F)cc2)cc1S(=O)(=O)N1CCCCC1. The van der Waals surface area contributed by atoms with Gasteiger partial charge in [-0.1, -0.05) is 18.6 Å². The number of nitrogens with one attached hydrogen (secondary N) is 1. The van der Waals surface area contributed by atoms with E-state index in [0.29, 0.717) is 13.1 Å². The number of hydrogen-bond acceptors (Lipinski definition) is 4. The fourth-order valence-electron chi connectivity index (χ4n) is 3.38. The van der Waals surface area contributed by atoms with E-state index < -0.39 is 15.9 Å². The number of piperidine rings is 1. The number of rotatable bonds is 6. The topological polar surface area (TPSA) is 75.7 Å². The van der Waals surface area contributed by atoms with Crippen LogP contribution in [0.5, 0.6) is 5.75 Å². The van der Waals surface area contributed by atoms with Gasteiger partial charge in [-0.05, 0) is 55.7 Å². The van der Waals surface area contributed by atoms with E-state index in [9.17, 15) is 17.6 Å². The maximum Gasteiger partial charge on any atom is 0.251 e. The van der Waals surface area contributed by atoms with Crippen molar-refractivity contribution < 1.29 is 22.3 Å². The molecule has 0 aromatic heterocycles. The molecule has 6 nitrogen and oxygen atoms in total. The first-order valence-electron chi connectivity index (χ1n) is 9.57.